The van der Waals surface area contributed by atoms with Gasteiger partial charge in [0.1, 0.15) is 0 Å². The molecular formula is C30H57FSn2. The molecule has 0 spiro atoms. The van der Waals surface area contributed by atoms with E-state index in [2.05, 4.69) is 59.7 Å². The van der Waals surface area contributed by atoms with E-state index in [0.29, 0.717) is 5.82 Å². The molecule has 0 unspecified atom stereocenters. The molecule has 0 bridgehead atoms. The van der Waals surface area contributed by atoms with Crippen LogP contribution in [-0.4, -0.2) is 36.8 Å². The zero-order valence-corrected chi connectivity index (χ0v) is 29.0. The zero-order chi connectivity index (χ0) is 24.6. The van der Waals surface area contributed by atoms with Crippen LogP contribution in [0.5, 0.6) is 0 Å². The molecule has 1 aromatic carbocycles. The number of unbranched alkanes of at least 4 members (excludes halogenated alkanes) is 6. The normalized spacial score (nSPS) is 12.5. The maximum atomic E-state index is 16.9. The Labute approximate surface area is 216 Å². The van der Waals surface area contributed by atoms with Crippen molar-refractivity contribution >= 4 is 43.9 Å². The molecule has 0 aliphatic carbocycles. The van der Waals surface area contributed by atoms with Gasteiger partial charge >= 0.3 is 218 Å². The van der Waals surface area contributed by atoms with Gasteiger partial charge in [0.2, 0.25) is 0 Å². The summed E-state index contributed by atoms with van der Waals surface area (Å²) in [6.45, 7) is 13.9. The van der Waals surface area contributed by atoms with E-state index in [0.717, 1.165) is 0 Å². The summed E-state index contributed by atoms with van der Waals surface area (Å²) in [5.41, 5.74) is 0. The predicted octanol–water partition coefficient (Wildman–Crippen LogP) is 9.94. The van der Waals surface area contributed by atoms with Crippen LogP contribution < -0.4 is 7.16 Å². The van der Waals surface area contributed by atoms with Crippen molar-refractivity contribution in [3.8, 4) is 0 Å². The maximum absolute atomic E-state index is 16.9. The molecular weight excluding hydrogens is 617 g/mol. The van der Waals surface area contributed by atoms with E-state index < -0.39 is 36.8 Å². The number of hydrogen-bond donors (Lipinski definition) is 0. The fourth-order valence-electron chi connectivity index (χ4n) is 6.00. The third kappa shape index (κ3) is 9.61. The van der Waals surface area contributed by atoms with Crippen molar-refractivity contribution in [3.05, 3.63) is 24.0 Å². The summed E-state index contributed by atoms with van der Waals surface area (Å²) < 4.78 is 27.8. The van der Waals surface area contributed by atoms with Gasteiger partial charge in [-0.1, -0.05) is 0 Å². The van der Waals surface area contributed by atoms with Gasteiger partial charge in [0.15, 0.2) is 0 Å². The molecule has 0 radical (unpaired) electrons. The van der Waals surface area contributed by atoms with Gasteiger partial charge in [0.25, 0.3) is 0 Å². The quantitative estimate of drug-likeness (QED) is 0.121. The number of hydrogen-bond acceptors (Lipinski definition) is 0. The predicted molar refractivity (Wildman–Crippen MR) is 155 cm³/mol. The summed E-state index contributed by atoms with van der Waals surface area (Å²) >= 11 is -5.56. The van der Waals surface area contributed by atoms with Gasteiger partial charge in [-0.05, 0) is 0 Å². The second kappa shape index (κ2) is 18.1. The van der Waals surface area contributed by atoms with Crippen LogP contribution in [0.15, 0.2) is 18.2 Å². The molecule has 1 rings (SSSR count). The van der Waals surface area contributed by atoms with Crippen LogP contribution in [0.25, 0.3) is 0 Å². The molecule has 0 N–H and O–H groups in total. The number of rotatable bonds is 20. The average molecular weight is 674 g/mol. The Kier molecular flexibility index (Phi) is 17.4. The van der Waals surface area contributed by atoms with E-state index in [1.807, 2.05) is 0 Å². The van der Waals surface area contributed by atoms with Gasteiger partial charge in [-0.3, -0.25) is 0 Å². The van der Waals surface area contributed by atoms with Gasteiger partial charge < -0.3 is 0 Å². The van der Waals surface area contributed by atoms with Gasteiger partial charge in [0.05, 0.1) is 0 Å². The van der Waals surface area contributed by atoms with E-state index in [1.165, 1.54) is 111 Å². The molecule has 33 heavy (non-hydrogen) atoms. The van der Waals surface area contributed by atoms with Gasteiger partial charge in [-0.15, -0.1) is 0 Å². The van der Waals surface area contributed by atoms with Crippen LogP contribution in [0, 0.1) is 5.82 Å². The van der Waals surface area contributed by atoms with Crippen molar-refractivity contribution in [3.63, 3.8) is 0 Å². The van der Waals surface area contributed by atoms with E-state index in [1.54, 1.807) is 0 Å². The standard InChI is InChI=1S/C6H3F.6C4H9.2Sn/c7-6-4-2-1-3-5-6;6*1-3-4-2;;/h1-3H;6*1,3-4H2,2H3;;. The van der Waals surface area contributed by atoms with Gasteiger partial charge in [-0.25, -0.2) is 0 Å². The van der Waals surface area contributed by atoms with Crippen LogP contribution in [0.4, 0.5) is 4.39 Å². The first kappa shape index (κ1) is 31.8. The van der Waals surface area contributed by atoms with Crippen LogP contribution >= 0.6 is 0 Å². The molecule has 0 nitrogen and oxygen atoms in total. The Bertz CT molecular complexity index is 534. The Morgan fingerprint density at radius 1 is 0.485 bits per heavy atom. The van der Waals surface area contributed by atoms with Gasteiger partial charge in [0, 0.05) is 0 Å². The number of benzene rings is 1. The van der Waals surface area contributed by atoms with Crippen molar-refractivity contribution in [2.75, 3.05) is 0 Å². The van der Waals surface area contributed by atoms with Crippen LogP contribution in [0.2, 0.25) is 26.6 Å². The minimum absolute atomic E-state index is 0.357. The molecule has 0 aliphatic heterocycles. The molecule has 0 aliphatic rings. The second-order valence-corrected chi connectivity index (χ2v) is 37.1. The minimum atomic E-state index is -2.78. The summed E-state index contributed by atoms with van der Waals surface area (Å²) in [4.78, 5) is 0. The van der Waals surface area contributed by atoms with E-state index in [9.17, 15) is 0 Å². The SMILES string of the molecule is CCC[CH2][Sn]([CH2]CCC)([CH2]CCC)[c]1ccc[c]([Sn]([CH2]CCC)([CH2]CCC)[CH2]CCC)c1F. The Morgan fingerprint density at radius 2 is 0.727 bits per heavy atom. The van der Waals surface area contributed by atoms with E-state index in [-0.39, 0.29) is 0 Å². The topological polar surface area (TPSA) is 0 Å². The molecule has 0 heterocycles. The zero-order valence-electron chi connectivity index (χ0n) is 23.3. The first-order valence-electron chi connectivity index (χ1n) is 14.8. The molecule has 0 aromatic heterocycles. The van der Waals surface area contributed by atoms with Crippen molar-refractivity contribution in [2.24, 2.45) is 0 Å². The van der Waals surface area contributed by atoms with Crippen LogP contribution in [-0.2, 0) is 0 Å². The molecule has 0 atom stereocenters. The summed E-state index contributed by atoms with van der Waals surface area (Å²) in [6, 6.07) is 6.91. The van der Waals surface area contributed by atoms with Crippen molar-refractivity contribution in [1.29, 1.82) is 0 Å². The first-order valence-corrected chi connectivity index (χ1v) is 29.8. The van der Waals surface area contributed by atoms with Crippen molar-refractivity contribution in [2.45, 2.75) is 145 Å². The Morgan fingerprint density at radius 3 is 0.939 bits per heavy atom. The molecule has 0 saturated carbocycles. The summed E-state index contributed by atoms with van der Waals surface area (Å²) in [5, 5.41) is 0. The third-order valence-electron chi connectivity index (χ3n) is 8.19. The fraction of sp³-hybridized carbons (Fsp3) is 0.800. The summed E-state index contributed by atoms with van der Waals surface area (Å²) in [6.07, 6.45) is 15.4. The second-order valence-electron chi connectivity index (χ2n) is 10.8. The summed E-state index contributed by atoms with van der Waals surface area (Å²) in [7, 11) is 0. The van der Waals surface area contributed by atoms with E-state index in [4.69, 9.17) is 0 Å². The van der Waals surface area contributed by atoms with Crippen molar-refractivity contribution in [1.82, 2.24) is 0 Å². The molecule has 192 valence electrons. The van der Waals surface area contributed by atoms with Crippen LogP contribution in [0.1, 0.15) is 119 Å². The first-order chi connectivity index (χ1) is 16.0. The van der Waals surface area contributed by atoms with Gasteiger partial charge in [-0.2, -0.15) is 0 Å². The molecule has 3 heteroatoms. The van der Waals surface area contributed by atoms with Crippen LogP contribution in [0.3, 0.4) is 0 Å². The Balaban J connectivity index is 3.65. The average Bonchev–Trinajstić information content (AvgIpc) is 2.84. The Hall–Kier alpha value is 0.747. The molecule has 0 fully saturated rings. The third-order valence-corrected chi connectivity index (χ3v) is 39.4. The van der Waals surface area contributed by atoms with E-state index >= 15 is 4.39 Å². The monoisotopic (exact) mass is 676 g/mol. The number of halogens is 1. The summed E-state index contributed by atoms with van der Waals surface area (Å²) in [5.74, 6) is 0.357. The molecule has 1 aromatic rings. The fourth-order valence-corrected chi connectivity index (χ4v) is 39.5. The molecule has 0 amide bonds. The van der Waals surface area contributed by atoms with Crippen molar-refractivity contribution < 1.29 is 4.39 Å². The molecule has 0 saturated heterocycles.